The molecule has 3 fully saturated rings. The van der Waals surface area contributed by atoms with E-state index in [0.29, 0.717) is 26.2 Å². The number of nitrogens with zero attached hydrogens (tertiary/aromatic N) is 3. The number of aliphatic carboxylic acids is 1. The van der Waals surface area contributed by atoms with E-state index in [1.807, 2.05) is 10.3 Å². The molecule has 1 N–H and O–H groups in total. The zero-order valence-corrected chi connectivity index (χ0v) is 13.8. The quantitative estimate of drug-likeness (QED) is 0.897. The molecule has 23 heavy (non-hydrogen) atoms. The molecule has 6 nitrogen and oxygen atoms in total. The number of carboxylic acids is 1. The molecule has 2 aliphatic heterocycles. The van der Waals surface area contributed by atoms with Crippen LogP contribution in [0.3, 0.4) is 0 Å². The van der Waals surface area contributed by atoms with Crippen LogP contribution in [0, 0.1) is 17.3 Å². The minimum atomic E-state index is -0.796. The molecular weight excluding hydrogens is 314 g/mol. The standard InChI is InChI=1S/C16H21N3O3S/c20-14(11-2-1-3-11)19-5-12-4-18(6-13-7-23-10-17-13)8-16(12,9-19)15(21)22/h7,10-12H,1-6,8-9H2,(H,21,22)/t12-,16-/m0/s1. The SMILES string of the molecule is O=C(C1CCC1)N1C[C@@H]2CN(Cc3cscn3)C[C@]2(C(=O)O)C1. The number of fused-ring (bicyclic) bond motifs is 1. The molecule has 1 aromatic rings. The summed E-state index contributed by atoms with van der Waals surface area (Å²) in [4.78, 5) is 32.8. The van der Waals surface area contributed by atoms with E-state index < -0.39 is 11.4 Å². The predicted molar refractivity (Wildman–Crippen MR) is 84.9 cm³/mol. The third-order valence-corrected chi connectivity index (χ3v) is 6.38. The van der Waals surface area contributed by atoms with Crippen LogP contribution in [0.25, 0.3) is 0 Å². The zero-order chi connectivity index (χ0) is 16.0. The monoisotopic (exact) mass is 335 g/mol. The van der Waals surface area contributed by atoms with E-state index in [1.165, 1.54) is 0 Å². The first-order valence-electron chi connectivity index (χ1n) is 8.20. The van der Waals surface area contributed by atoms with Crippen molar-refractivity contribution in [3.05, 3.63) is 16.6 Å². The minimum Gasteiger partial charge on any atom is -0.481 e. The van der Waals surface area contributed by atoms with Gasteiger partial charge in [0.1, 0.15) is 5.41 Å². The minimum absolute atomic E-state index is 0.0302. The zero-order valence-electron chi connectivity index (χ0n) is 13.0. The number of likely N-dealkylation sites (tertiary alicyclic amines) is 2. The van der Waals surface area contributed by atoms with Gasteiger partial charge in [-0.05, 0) is 12.8 Å². The number of amides is 1. The summed E-state index contributed by atoms with van der Waals surface area (Å²) in [5, 5.41) is 11.9. The fourth-order valence-corrected chi connectivity index (χ4v) is 4.77. The van der Waals surface area contributed by atoms with Crippen molar-refractivity contribution in [2.24, 2.45) is 17.3 Å². The van der Waals surface area contributed by atoms with E-state index in [4.69, 9.17) is 0 Å². The molecule has 3 aliphatic rings. The average molecular weight is 335 g/mol. The molecule has 0 spiro atoms. The molecule has 1 saturated carbocycles. The number of aromatic nitrogens is 1. The van der Waals surface area contributed by atoms with Crippen LogP contribution in [0.4, 0.5) is 0 Å². The maximum absolute atomic E-state index is 12.5. The Labute approximate surface area is 139 Å². The second-order valence-electron chi connectivity index (χ2n) is 7.15. The lowest BCUT2D eigenvalue weighted by atomic mass is 9.81. The Morgan fingerprint density at radius 2 is 2.17 bits per heavy atom. The predicted octanol–water partition coefficient (Wildman–Crippen LogP) is 1.29. The highest BCUT2D eigenvalue weighted by Crippen LogP contribution is 2.44. The van der Waals surface area contributed by atoms with Gasteiger partial charge in [-0.25, -0.2) is 4.98 Å². The van der Waals surface area contributed by atoms with Crippen molar-refractivity contribution >= 4 is 23.2 Å². The van der Waals surface area contributed by atoms with Gasteiger partial charge < -0.3 is 10.0 Å². The maximum atomic E-state index is 12.5. The lowest BCUT2D eigenvalue weighted by molar-refractivity contribution is -0.149. The fourth-order valence-electron chi connectivity index (χ4n) is 4.22. The van der Waals surface area contributed by atoms with E-state index >= 15 is 0 Å². The molecule has 0 unspecified atom stereocenters. The van der Waals surface area contributed by atoms with Gasteiger partial charge in [0.05, 0.1) is 11.2 Å². The van der Waals surface area contributed by atoms with Crippen LogP contribution in [-0.4, -0.2) is 57.9 Å². The summed E-state index contributed by atoms with van der Waals surface area (Å²) in [6.07, 6.45) is 3.06. The molecule has 1 aromatic heterocycles. The highest BCUT2D eigenvalue weighted by atomic mass is 32.1. The fraction of sp³-hybridized carbons (Fsp3) is 0.688. The Bertz CT molecular complexity index is 616. The maximum Gasteiger partial charge on any atom is 0.313 e. The normalized spacial score (nSPS) is 31.1. The second-order valence-corrected chi connectivity index (χ2v) is 7.87. The highest BCUT2D eigenvalue weighted by Gasteiger charge is 2.58. The third kappa shape index (κ3) is 2.46. The van der Waals surface area contributed by atoms with Gasteiger partial charge in [-0.15, -0.1) is 11.3 Å². The molecular formula is C16H21N3O3S. The van der Waals surface area contributed by atoms with Crippen molar-refractivity contribution in [3.8, 4) is 0 Å². The first-order valence-corrected chi connectivity index (χ1v) is 9.14. The lowest BCUT2D eigenvalue weighted by Crippen LogP contribution is -2.44. The topological polar surface area (TPSA) is 73.7 Å². The highest BCUT2D eigenvalue weighted by molar-refractivity contribution is 7.07. The summed E-state index contributed by atoms with van der Waals surface area (Å²) in [7, 11) is 0. The Kier molecular flexibility index (Phi) is 3.65. The van der Waals surface area contributed by atoms with Crippen LogP contribution < -0.4 is 0 Å². The summed E-state index contributed by atoms with van der Waals surface area (Å²) >= 11 is 1.56. The molecule has 2 atom stereocenters. The van der Waals surface area contributed by atoms with Crippen molar-refractivity contribution in [2.45, 2.75) is 25.8 Å². The smallest absolute Gasteiger partial charge is 0.313 e. The van der Waals surface area contributed by atoms with Gasteiger partial charge in [-0.1, -0.05) is 6.42 Å². The summed E-state index contributed by atoms with van der Waals surface area (Å²) in [6.45, 7) is 2.91. The van der Waals surface area contributed by atoms with Gasteiger partial charge in [0.15, 0.2) is 0 Å². The first-order chi connectivity index (χ1) is 11.1. The number of carboxylic acid groups (broad SMARTS) is 1. The van der Waals surface area contributed by atoms with E-state index in [9.17, 15) is 14.7 Å². The molecule has 124 valence electrons. The Morgan fingerprint density at radius 3 is 2.74 bits per heavy atom. The molecule has 0 bridgehead atoms. The number of thiazole rings is 1. The van der Waals surface area contributed by atoms with Crippen LogP contribution in [0.15, 0.2) is 10.9 Å². The van der Waals surface area contributed by atoms with Crippen LogP contribution in [-0.2, 0) is 16.1 Å². The van der Waals surface area contributed by atoms with Gasteiger partial charge in [-0.2, -0.15) is 0 Å². The molecule has 4 rings (SSSR count). The van der Waals surface area contributed by atoms with Crippen LogP contribution >= 0.6 is 11.3 Å². The molecule has 7 heteroatoms. The molecule has 2 saturated heterocycles. The van der Waals surface area contributed by atoms with Gasteiger partial charge >= 0.3 is 5.97 Å². The van der Waals surface area contributed by atoms with Crippen molar-refractivity contribution < 1.29 is 14.7 Å². The van der Waals surface area contributed by atoms with Gasteiger partial charge in [0.25, 0.3) is 0 Å². The Hall–Kier alpha value is -1.47. The summed E-state index contributed by atoms with van der Waals surface area (Å²) in [5.74, 6) is -0.405. The van der Waals surface area contributed by atoms with Gasteiger partial charge in [0, 0.05) is 49.9 Å². The van der Waals surface area contributed by atoms with E-state index in [2.05, 4.69) is 9.88 Å². The van der Waals surface area contributed by atoms with Crippen molar-refractivity contribution in [1.29, 1.82) is 0 Å². The molecule has 0 aromatic carbocycles. The number of carbonyl (C=O) groups excluding carboxylic acids is 1. The van der Waals surface area contributed by atoms with E-state index in [-0.39, 0.29) is 17.7 Å². The summed E-state index contributed by atoms with van der Waals surface area (Å²) < 4.78 is 0. The van der Waals surface area contributed by atoms with Crippen molar-refractivity contribution in [2.75, 3.05) is 26.2 Å². The number of hydrogen-bond donors (Lipinski definition) is 1. The third-order valence-electron chi connectivity index (χ3n) is 5.74. The van der Waals surface area contributed by atoms with Crippen LogP contribution in [0.2, 0.25) is 0 Å². The van der Waals surface area contributed by atoms with E-state index in [1.54, 1.807) is 16.8 Å². The summed E-state index contributed by atoms with van der Waals surface area (Å²) in [6, 6.07) is 0. The van der Waals surface area contributed by atoms with Crippen LogP contribution in [0.1, 0.15) is 25.0 Å². The van der Waals surface area contributed by atoms with Crippen LogP contribution in [0.5, 0.6) is 0 Å². The van der Waals surface area contributed by atoms with Gasteiger partial charge in [0.2, 0.25) is 5.91 Å². The molecule has 1 amide bonds. The largest absolute Gasteiger partial charge is 0.481 e. The van der Waals surface area contributed by atoms with Crippen molar-refractivity contribution in [3.63, 3.8) is 0 Å². The van der Waals surface area contributed by atoms with E-state index in [0.717, 1.165) is 31.5 Å². The molecule has 0 radical (unpaired) electrons. The average Bonchev–Trinajstić information content (AvgIpc) is 3.10. The number of rotatable bonds is 4. The Balaban J connectivity index is 1.47. The molecule has 1 aliphatic carbocycles. The Morgan fingerprint density at radius 1 is 1.35 bits per heavy atom. The summed E-state index contributed by atoms with van der Waals surface area (Å²) in [5.41, 5.74) is 2.01. The van der Waals surface area contributed by atoms with Crippen molar-refractivity contribution in [1.82, 2.24) is 14.8 Å². The lowest BCUT2D eigenvalue weighted by Gasteiger charge is -2.31. The van der Waals surface area contributed by atoms with Gasteiger partial charge in [-0.3, -0.25) is 14.5 Å². The first kappa shape index (κ1) is 15.1. The number of hydrogen-bond acceptors (Lipinski definition) is 5. The second kappa shape index (κ2) is 5.56. The number of carbonyl (C=O) groups is 2. The molecule has 3 heterocycles.